The van der Waals surface area contributed by atoms with Crippen LogP contribution in [0.4, 0.5) is 0 Å². The van der Waals surface area contributed by atoms with Crippen LogP contribution in [0.15, 0.2) is 18.2 Å². The lowest BCUT2D eigenvalue weighted by Crippen LogP contribution is -2.40. The fourth-order valence-electron chi connectivity index (χ4n) is 2.62. The van der Waals surface area contributed by atoms with Crippen LogP contribution in [0.2, 0.25) is 0 Å². The van der Waals surface area contributed by atoms with Crippen LogP contribution in [0.25, 0.3) is 0 Å². The molecule has 1 aromatic rings. The quantitative estimate of drug-likeness (QED) is 0.857. The third kappa shape index (κ3) is 4.04. The zero-order chi connectivity index (χ0) is 15.4. The summed E-state index contributed by atoms with van der Waals surface area (Å²) in [5.74, 6) is -1.18. The molecule has 1 aromatic carbocycles. The number of hydrogen-bond acceptors (Lipinski definition) is 3. The van der Waals surface area contributed by atoms with Gasteiger partial charge in [0.15, 0.2) is 0 Å². The van der Waals surface area contributed by atoms with Crippen LogP contribution in [0, 0.1) is 0 Å². The molecule has 0 fully saturated rings. The van der Waals surface area contributed by atoms with E-state index < -0.39 is 5.97 Å². The summed E-state index contributed by atoms with van der Waals surface area (Å²) in [6.45, 7) is 0.795. The molecule has 0 spiro atoms. The van der Waals surface area contributed by atoms with E-state index in [2.05, 4.69) is 0 Å². The first-order chi connectivity index (χ1) is 9.97. The molecule has 0 bridgehead atoms. The molecule has 114 valence electrons. The summed E-state index contributed by atoms with van der Waals surface area (Å²) >= 11 is 0. The van der Waals surface area contributed by atoms with E-state index in [0.29, 0.717) is 18.7 Å². The van der Waals surface area contributed by atoms with Gasteiger partial charge in [0.05, 0.1) is 0 Å². The van der Waals surface area contributed by atoms with Gasteiger partial charge >= 0.3 is 5.97 Å². The molecule has 1 aliphatic carbocycles. The molecular weight excluding hydrogens is 268 g/mol. The summed E-state index contributed by atoms with van der Waals surface area (Å²) in [4.78, 5) is 26.8. The van der Waals surface area contributed by atoms with Crippen LogP contribution in [-0.2, 0) is 17.6 Å². The van der Waals surface area contributed by atoms with Crippen LogP contribution in [0.5, 0.6) is 0 Å². The lowest BCUT2D eigenvalue weighted by Gasteiger charge is -2.23. The maximum absolute atomic E-state index is 12.5. The van der Waals surface area contributed by atoms with Gasteiger partial charge in [0.2, 0.25) is 0 Å². The summed E-state index contributed by atoms with van der Waals surface area (Å²) in [7, 11) is 3.80. The number of benzene rings is 1. The van der Waals surface area contributed by atoms with Crippen LogP contribution >= 0.6 is 0 Å². The fraction of sp³-hybridized carbons (Fsp3) is 0.500. The number of aliphatic carboxylic acids is 1. The van der Waals surface area contributed by atoms with Crippen molar-refractivity contribution in [1.82, 2.24) is 9.80 Å². The smallest absolute Gasteiger partial charge is 0.323 e. The maximum atomic E-state index is 12.5. The normalized spacial score (nSPS) is 13.3. The van der Waals surface area contributed by atoms with E-state index >= 15 is 0 Å². The highest BCUT2D eigenvalue weighted by Gasteiger charge is 2.20. The third-order valence-corrected chi connectivity index (χ3v) is 3.78. The van der Waals surface area contributed by atoms with Gasteiger partial charge in [-0.3, -0.25) is 9.59 Å². The fourth-order valence-corrected chi connectivity index (χ4v) is 2.62. The van der Waals surface area contributed by atoms with Crippen LogP contribution in [0.3, 0.4) is 0 Å². The Bertz CT molecular complexity index is 540. The van der Waals surface area contributed by atoms with Crippen molar-refractivity contribution in [2.24, 2.45) is 0 Å². The van der Waals surface area contributed by atoms with E-state index in [1.54, 1.807) is 0 Å². The number of rotatable bonds is 6. The van der Waals surface area contributed by atoms with E-state index in [1.807, 2.05) is 37.2 Å². The molecule has 0 unspecified atom stereocenters. The number of likely N-dealkylation sites (N-methyl/N-ethyl adjacent to an activating group) is 1. The van der Waals surface area contributed by atoms with Gasteiger partial charge in [0.25, 0.3) is 5.91 Å². The molecule has 0 aliphatic heterocycles. The molecule has 0 radical (unpaired) electrons. The van der Waals surface area contributed by atoms with Crippen molar-refractivity contribution >= 4 is 11.9 Å². The van der Waals surface area contributed by atoms with Gasteiger partial charge in [-0.1, -0.05) is 6.07 Å². The standard InChI is InChI=1S/C16H22N2O3/c1-17(2)8-9-18(11-15(19)20)16(21)14-7-6-12-4-3-5-13(12)10-14/h6-7,10H,3-5,8-9,11H2,1-2H3,(H,19,20). The van der Waals surface area contributed by atoms with E-state index in [9.17, 15) is 9.59 Å². The van der Waals surface area contributed by atoms with Gasteiger partial charge in [-0.25, -0.2) is 0 Å². The Balaban J connectivity index is 2.14. The minimum Gasteiger partial charge on any atom is -0.480 e. The van der Waals surface area contributed by atoms with Crippen molar-refractivity contribution in [1.29, 1.82) is 0 Å². The zero-order valence-electron chi connectivity index (χ0n) is 12.6. The average molecular weight is 290 g/mol. The molecule has 5 heteroatoms. The minimum absolute atomic E-state index is 0.200. The second-order valence-electron chi connectivity index (χ2n) is 5.76. The van der Waals surface area contributed by atoms with E-state index in [-0.39, 0.29) is 12.5 Å². The zero-order valence-corrected chi connectivity index (χ0v) is 12.6. The highest BCUT2D eigenvalue weighted by Crippen LogP contribution is 2.23. The number of aryl methyl sites for hydroxylation is 2. The first-order valence-electron chi connectivity index (χ1n) is 7.25. The summed E-state index contributed by atoms with van der Waals surface area (Å²) in [6.07, 6.45) is 3.21. The van der Waals surface area contributed by atoms with Crippen molar-refractivity contribution in [2.75, 3.05) is 33.7 Å². The lowest BCUT2D eigenvalue weighted by molar-refractivity contribution is -0.137. The first kappa shape index (κ1) is 15.5. The van der Waals surface area contributed by atoms with Gasteiger partial charge in [0, 0.05) is 18.7 Å². The van der Waals surface area contributed by atoms with Gasteiger partial charge < -0.3 is 14.9 Å². The van der Waals surface area contributed by atoms with Crippen LogP contribution < -0.4 is 0 Å². The number of carboxylic acid groups (broad SMARTS) is 1. The Morgan fingerprint density at radius 3 is 2.52 bits per heavy atom. The highest BCUT2D eigenvalue weighted by molar-refractivity contribution is 5.96. The Hall–Kier alpha value is -1.88. The highest BCUT2D eigenvalue weighted by atomic mass is 16.4. The second-order valence-corrected chi connectivity index (χ2v) is 5.76. The van der Waals surface area contributed by atoms with Crippen LogP contribution in [-0.4, -0.2) is 60.5 Å². The molecule has 1 amide bonds. The van der Waals surface area contributed by atoms with Gasteiger partial charge in [-0.05, 0) is 56.6 Å². The van der Waals surface area contributed by atoms with Crippen molar-refractivity contribution in [3.8, 4) is 0 Å². The number of hydrogen-bond donors (Lipinski definition) is 1. The minimum atomic E-state index is -0.983. The monoisotopic (exact) mass is 290 g/mol. The Morgan fingerprint density at radius 2 is 1.86 bits per heavy atom. The Morgan fingerprint density at radius 1 is 1.14 bits per heavy atom. The molecule has 2 rings (SSSR count). The van der Waals surface area contributed by atoms with Gasteiger partial charge in [-0.15, -0.1) is 0 Å². The van der Waals surface area contributed by atoms with Crippen molar-refractivity contribution < 1.29 is 14.7 Å². The second kappa shape index (κ2) is 6.72. The summed E-state index contributed by atoms with van der Waals surface area (Å²) in [6, 6.07) is 5.74. The number of fused-ring (bicyclic) bond motifs is 1. The van der Waals surface area contributed by atoms with Crippen molar-refractivity contribution in [3.63, 3.8) is 0 Å². The number of nitrogens with zero attached hydrogens (tertiary/aromatic N) is 2. The van der Waals surface area contributed by atoms with E-state index in [1.165, 1.54) is 16.0 Å². The van der Waals surface area contributed by atoms with Gasteiger partial charge in [-0.2, -0.15) is 0 Å². The Kier molecular flexibility index (Phi) is 4.96. The third-order valence-electron chi connectivity index (χ3n) is 3.78. The summed E-state index contributed by atoms with van der Waals surface area (Å²) < 4.78 is 0. The molecule has 5 nitrogen and oxygen atoms in total. The lowest BCUT2D eigenvalue weighted by atomic mass is 10.1. The van der Waals surface area contributed by atoms with E-state index in [4.69, 9.17) is 5.11 Å². The molecule has 21 heavy (non-hydrogen) atoms. The molecule has 1 aliphatic rings. The topological polar surface area (TPSA) is 60.9 Å². The molecule has 0 saturated heterocycles. The van der Waals surface area contributed by atoms with Crippen LogP contribution in [0.1, 0.15) is 27.9 Å². The SMILES string of the molecule is CN(C)CCN(CC(=O)O)C(=O)c1ccc2c(c1)CCC2. The maximum Gasteiger partial charge on any atom is 0.323 e. The molecular formula is C16H22N2O3. The first-order valence-corrected chi connectivity index (χ1v) is 7.25. The predicted molar refractivity (Wildman–Crippen MR) is 80.6 cm³/mol. The number of carbonyl (C=O) groups is 2. The largest absolute Gasteiger partial charge is 0.480 e. The van der Waals surface area contributed by atoms with Crippen molar-refractivity contribution in [3.05, 3.63) is 34.9 Å². The van der Waals surface area contributed by atoms with Gasteiger partial charge in [0.1, 0.15) is 6.54 Å². The predicted octanol–water partition coefficient (Wildman–Crippen LogP) is 1.26. The Labute approximate surface area is 125 Å². The molecule has 0 saturated carbocycles. The number of carbonyl (C=O) groups excluding carboxylic acids is 1. The van der Waals surface area contributed by atoms with E-state index in [0.717, 1.165) is 19.3 Å². The average Bonchev–Trinajstić information content (AvgIpc) is 2.89. The number of amides is 1. The number of carboxylic acids is 1. The molecule has 1 N–H and O–H groups in total. The molecule has 0 atom stereocenters. The summed E-state index contributed by atoms with van der Waals surface area (Å²) in [5, 5.41) is 8.99. The molecule has 0 aromatic heterocycles. The van der Waals surface area contributed by atoms with Crippen molar-refractivity contribution in [2.45, 2.75) is 19.3 Å². The summed E-state index contributed by atoms with van der Waals surface area (Å²) in [5.41, 5.74) is 3.13. The molecule has 0 heterocycles.